The van der Waals surface area contributed by atoms with Crippen LogP contribution in [0.5, 0.6) is 5.75 Å². The molecule has 3 aromatic rings. The highest BCUT2D eigenvalue weighted by atomic mass is 35.5. The number of aromatic nitrogens is 1. The van der Waals surface area contributed by atoms with Crippen LogP contribution in [-0.2, 0) is 76.7 Å². The number of para-hydroxylation sites is 1. The van der Waals surface area contributed by atoms with E-state index in [4.69, 9.17) is 44.8 Å². The van der Waals surface area contributed by atoms with Gasteiger partial charge < -0.3 is 73.5 Å². The molecule has 7 N–H and O–H groups in total. The molecule has 2 fully saturated rings. The van der Waals surface area contributed by atoms with Crippen LogP contribution < -0.4 is 31.0 Å². The lowest BCUT2D eigenvalue weighted by molar-refractivity contribution is -0.162. The number of ketones is 1. The van der Waals surface area contributed by atoms with Crippen molar-refractivity contribution in [2.45, 2.75) is 140 Å². The lowest BCUT2D eigenvalue weighted by Gasteiger charge is -2.42. The maximum atomic E-state index is 14.3. The SMILES string of the molecule is CNN(C)Cc1cc2ccccc2n1CCC(=O)NCCCC(=O)[C@H](O)[C@H](O)C(=O)NCCOCCOCCC(=O)N(C)[C@@H](C)C(=O)O[C@H]1CC(=O)N(C)c2cc(cc(OC)c2Cl)C/C(C)=C/C=C/[C@@H](OC)[C@@]2(O)C[C@H](OC(=O)N2)[C@@H](C)[C@@H]2O[C@]12C. The van der Waals surface area contributed by atoms with E-state index in [0.717, 1.165) is 27.7 Å². The van der Waals surface area contributed by atoms with Crippen LogP contribution in [0, 0.1) is 5.92 Å². The molecule has 0 saturated carbocycles. The van der Waals surface area contributed by atoms with Gasteiger partial charge in [-0.05, 0) is 75.9 Å². The Morgan fingerprint density at radius 3 is 2.40 bits per heavy atom. The number of epoxide rings is 1. The highest BCUT2D eigenvalue weighted by Gasteiger charge is 2.64. The molecule has 26 heteroatoms. The van der Waals surface area contributed by atoms with E-state index in [1.165, 1.54) is 45.0 Å². The molecule has 2 aromatic carbocycles. The zero-order valence-corrected chi connectivity index (χ0v) is 51.5. The van der Waals surface area contributed by atoms with Crippen molar-refractivity contribution in [3.8, 4) is 5.75 Å². The topological polar surface area (TPSA) is 311 Å². The van der Waals surface area contributed by atoms with Crippen LogP contribution in [0.4, 0.5) is 10.5 Å². The standard InChI is InChI=1S/C60H85ClN8O17/c1-36-15-13-19-47(81-10)60(79)34-46(84-58(78)65-60)37(2)55-59(4,86-55)48(33-51(73)68(8)43-30-39(29-36)31-45(80-9)52(43)61)85-57(77)38(3)67(7)50(72)21-25-82-27-28-83-26-23-64-56(76)54(75)53(74)44(70)18-14-22-63-49(71)20-24-69-41(35-66(6)62-5)32-40-16-11-12-17-42(40)69/h11-13,15-17,19,30-32,37-38,46-48,53-55,62,74-75,79H,14,18,20-29,33-35H2,1-10H3,(H,63,71)(H,64,76)(H,65,78)/b19-13+,36-15+/t37-,38+,46+,47-,48+,53+,54+,55+,59-,60+/m1/s1. The van der Waals surface area contributed by atoms with Crippen LogP contribution in [0.2, 0.25) is 5.02 Å². The number of aliphatic hydroxyl groups excluding tert-OH is 2. The quantitative estimate of drug-likeness (QED) is 0.0250. The summed E-state index contributed by atoms with van der Waals surface area (Å²) >= 11 is 6.81. The Bertz CT molecular complexity index is 2940. The van der Waals surface area contributed by atoms with Crippen molar-refractivity contribution in [1.82, 2.24) is 35.9 Å². The summed E-state index contributed by atoms with van der Waals surface area (Å²) < 4.78 is 42.5. The van der Waals surface area contributed by atoms with E-state index in [1.807, 2.05) is 56.4 Å². The predicted molar refractivity (Wildman–Crippen MR) is 317 cm³/mol. The molecule has 3 aliphatic rings. The van der Waals surface area contributed by atoms with Crippen molar-refractivity contribution in [3.05, 3.63) is 82.5 Å². The molecule has 4 heterocycles. The second-order valence-electron chi connectivity index (χ2n) is 22.2. The number of carbonyl (C=O) groups is 7. The van der Waals surface area contributed by atoms with Crippen molar-refractivity contribution < 1.29 is 82.0 Å². The number of benzene rings is 2. The Balaban J connectivity index is 0.927. The van der Waals surface area contributed by atoms with Crippen LogP contribution in [-0.4, -0.2) is 207 Å². The fourth-order valence-electron chi connectivity index (χ4n) is 10.5. The highest BCUT2D eigenvalue weighted by molar-refractivity contribution is 6.35. The summed E-state index contributed by atoms with van der Waals surface area (Å²) in [7, 11) is 9.58. The first kappa shape index (κ1) is 68.6. The third-order valence-corrected chi connectivity index (χ3v) is 16.3. The summed E-state index contributed by atoms with van der Waals surface area (Å²) in [6, 6.07) is 12.4. The number of ether oxygens (including phenoxy) is 7. The summed E-state index contributed by atoms with van der Waals surface area (Å²) in [4.78, 5) is 95.2. The largest absolute Gasteiger partial charge is 0.495 e. The van der Waals surface area contributed by atoms with Gasteiger partial charge in [-0.3, -0.25) is 34.7 Å². The number of hydrazine groups is 1. The van der Waals surface area contributed by atoms with E-state index >= 15 is 0 Å². The molecule has 0 radical (unpaired) electrons. The van der Waals surface area contributed by atoms with E-state index in [0.29, 0.717) is 30.9 Å². The lowest BCUT2D eigenvalue weighted by atomic mass is 9.83. The Labute approximate surface area is 506 Å². The third-order valence-electron chi connectivity index (χ3n) is 16.0. The number of hydrogen-bond donors (Lipinski definition) is 7. The molecule has 25 nitrogen and oxygen atoms in total. The number of rotatable bonds is 27. The van der Waals surface area contributed by atoms with Crippen LogP contribution in [0.1, 0.15) is 77.5 Å². The van der Waals surface area contributed by atoms with Crippen LogP contribution >= 0.6 is 11.6 Å². The van der Waals surface area contributed by atoms with E-state index in [-0.39, 0.29) is 82.6 Å². The van der Waals surface area contributed by atoms with Gasteiger partial charge in [0.05, 0.1) is 64.7 Å². The number of aryl methyl sites for hydroxylation is 1. The molecule has 3 aliphatic heterocycles. The summed E-state index contributed by atoms with van der Waals surface area (Å²) in [5.41, 5.74) is 3.91. The molecule has 0 spiro atoms. The first-order valence-electron chi connectivity index (χ1n) is 28.7. The summed E-state index contributed by atoms with van der Waals surface area (Å²) in [6.07, 6.45) is -3.63. The van der Waals surface area contributed by atoms with Gasteiger partial charge in [-0.1, -0.05) is 60.5 Å². The second-order valence-corrected chi connectivity index (χ2v) is 22.5. The molecule has 10 atom stereocenters. The number of alkyl carbamates (subject to hydrolysis) is 1. The molecule has 2 saturated heterocycles. The molecular formula is C60H85ClN8O17. The van der Waals surface area contributed by atoms with Gasteiger partial charge in [0.2, 0.25) is 17.7 Å². The van der Waals surface area contributed by atoms with Gasteiger partial charge >= 0.3 is 12.1 Å². The first-order valence-corrected chi connectivity index (χ1v) is 29.1. The van der Waals surface area contributed by atoms with Gasteiger partial charge in [-0.2, -0.15) is 0 Å². The minimum absolute atomic E-state index is 0.0109. The van der Waals surface area contributed by atoms with Crippen molar-refractivity contribution >= 4 is 69.7 Å². The number of carbonyl (C=O) groups excluding carboxylic acids is 7. The highest BCUT2D eigenvalue weighted by Crippen LogP contribution is 2.49. The van der Waals surface area contributed by atoms with Crippen LogP contribution in [0.25, 0.3) is 10.9 Å². The number of fused-ring (bicyclic) bond motifs is 6. The molecule has 0 unspecified atom stereocenters. The van der Waals surface area contributed by atoms with E-state index in [2.05, 4.69) is 32.0 Å². The molecular weight excluding hydrogens is 1140 g/mol. The van der Waals surface area contributed by atoms with Gasteiger partial charge in [0.25, 0.3) is 5.91 Å². The van der Waals surface area contributed by atoms with Crippen molar-refractivity contribution in [2.24, 2.45) is 5.92 Å². The Morgan fingerprint density at radius 2 is 1.69 bits per heavy atom. The van der Waals surface area contributed by atoms with Gasteiger partial charge in [0.1, 0.15) is 46.8 Å². The summed E-state index contributed by atoms with van der Waals surface area (Å²) in [6.45, 7) is 8.02. The Morgan fingerprint density at radius 1 is 0.965 bits per heavy atom. The van der Waals surface area contributed by atoms with Crippen molar-refractivity contribution in [2.75, 3.05) is 86.8 Å². The smallest absolute Gasteiger partial charge is 0.409 e. The minimum atomic E-state index is -2.02. The van der Waals surface area contributed by atoms with E-state index < -0.39 is 102 Å². The fraction of sp³-hybridized carbons (Fsp3) is 0.583. The average Bonchev–Trinajstić information content (AvgIpc) is 1.61. The molecule has 474 valence electrons. The number of Topliss-reactive ketones (excluding diaryl/α,β-unsaturated/α-hetero) is 1. The molecule has 86 heavy (non-hydrogen) atoms. The van der Waals surface area contributed by atoms with Crippen molar-refractivity contribution in [3.63, 3.8) is 0 Å². The minimum Gasteiger partial charge on any atom is -0.495 e. The number of esters is 1. The Hall–Kier alpha value is -6.52. The number of anilines is 1. The number of halogens is 1. The summed E-state index contributed by atoms with van der Waals surface area (Å²) in [5, 5.41) is 43.5. The molecule has 6 rings (SSSR count). The first-order chi connectivity index (χ1) is 40.8. The average molecular weight is 1230 g/mol. The third kappa shape index (κ3) is 17.8. The predicted octanol–water partition coefficient (Wildman–Crippen LogP) is 2.85. The monoisotopic (exact) mass is 1220 g/mol. The fourth-order valence-corrected chi connectivity index (χ4v) is 10.8. The number of hydrogen-bond acceptors (Lipinski definition) is 19. The second kappa shape index (κ2) is 31.4. The van der Waals surface area contributed by atoms with Gasteiger partial charge in [0.15, 0.2) is 17.6 Å². The van der Waals surface area contributed by atoms with Gasteiger partial charge in [-0.15, -0.1) is 0 Å². The number of allylic oxidation sites excluding steroid dienone is 3. The number of methoxy groups -OCH3 is 2. The molecule has 0 aliphatic carbocycles. The lowest BCUT2D eigenvalue weighted by Crippen LogP contribution is -2.63. The maximum Gasteiger partial charge on any atom is 0.409 e. The van der Waals surface area contributed by atoms with Gasteiger partial charge in [-0.25, -0.2) is 14.6 Å². The van der Waals surface area contributed by atoms with E-state index in [1.54, 1.807) is 38.1 Å². The molecule has 4 bridgehead atoms. The van der Waals surface area contributed by atoms with Gasteiger partial charge in [0, 0.05) is 84.3 Å². The van der Waals surface area contributed by atoms with Crippen LogP contribution in [0.15, 0.2) is 66.3 Å². The maximum absolute atomic E-state index is 14.3. The molecule has 5 amide bonds. The van der Waals surface area contributed by atoms with Crippen LogP contribution in [0.3, 0.4) is 0 Å². The Kier molecular flexibility index (Phi) is 25.0. The zero-order chi connectivity index (χ0) is 63.0. The number of nitrogens with zero attached hydrogens (tertiary/aromatic N) is 4. The molecule has 1 aromatic heterocycles. The zero-order valence-electron chi connectivity index (χ0n) is 50.7. The van der Waals surface area contributed by atoms with Crippen molar-refractivity contribution in [1.29, 1.82) is 0 Å². The summed E-state index contributed by atoms with van der Waals surface area (Å²) in [5.74, 6) is -4.03. The number of amides is 5. The number of aliphatic hydroxyl groups is 3. The number of nitrogens with one attached hydrogen (secondary N) is 4. The normalized spacial score (nSPS) is 24.5. The van der Waals surface area contributed by atoms with E-state index in [9.17, 15) is 48.9 Å². The number of likely N-dealkylation sites (N-methyl/N-ethyl adjacent to an activating group) is 1.